The van der Waals surface area contributed by atoms with Crippen LogP contribution in [0.5, 0.6) is 0 Å². The number of hydrogen-bond acceptors (Lipinski definition) is 5. The Kier molecular flexibility index (Phi) is 6.24. The zero-order valence-corrected chi connectivity index (χ0v) is 17.4. The van der Waals surface area contributed by atoms with E-state index in [2.05, 4.69) is 4.98 Å². The minimum Gasteiger partial charge on any atom is -0.351 e. The van der Waals surface area contributed by atoms with E-state index in [0.717, 1.165) is 17.3 Å². The number of halogens is 1. The van der Waals surface area contributed by atoms with Crippen LogP contribution < -0.4 is 16.6 Å². The van der Waals surface area contributed by atoms with Crippen molar-refractivity contribution in [1.29, 1.82) is 0 Å². The summed E-state index contributed by atoms with van der Waals surface area (Å²) in [6.45, 7) is 4.07. The number of primary amides is 1. The van der Waals surface area contributed by atoms with E-state index < -0.39 is 11.9 Å². The lowest BCUT2D eigenvalue weighted by Crippen LogP contribution is -2.36. The van der Waals surface area contributed by atoms with Gasteiger partial charge in [0.25, 0.3) is 5.56 Å². The fourth-order valence-corrected chi connectivity index (χ4v) is 3.90. The molecule has 0 spiro atoms. The number of fused-ring (bicyclic) bond motifs is 1. The molecule has 0 unspecified atom stereocenters. The van der Waals surface area contributed by atoms with Gasteiger partial charge in [0.15, 0.2) is 5.16 Å². The summed E-state index contributed by atoms with van der Waals surface area (Å²) in [6.07, 6.45) is 0. The summed E-state index contributed by atoms with van der Waals surface area (Å²) in [7, 11) is 0. The van der Waals surface area contributed by atoms with Crippen LogP contribution in [0.2, 0.25) is 5.02 Å². The van der Waals surface area contributed by atoms with Gasteiger partial charge in [0.05, 0.1) is 22.3 Å². The van der Waals surface area contributed by atoms with Gasteiger partial charge in [-0.15, -0.1) is 0 Å². The number of carbonyl (C=O) groups is 2. The zero-order chi connectivity index (χ0) is 21.1. The van der Waals surface area contributed by atoms with Gasteiger partial charge >= 0.3 is 6.03 Å². The maximum Gasteiger partial charge on any atom is 0.318 e. The highest BCUT2D eigenvalue weighted by molar-refractivity contribution is 7.99. The second-order valence-electron chi connectivity index (χ2n) is 6.61. The predicted octanol–water partition coefficient (Wildman–Crippen LogP) is 3.45. The monoisotopic (exact) mass is 430 g/mol. The number of carbonyl (C=O) groups excluding carboxylic acids is 2. The molecule has 2 aromatic carbocycles. The summed E-state index contributed by atoms with van der Waals surface area (Å²) in [5.74, 6) is -0.549. The van der Waals surface area contributed by atoms with Gasteiger partial charge in [-0.3, -0.25) is 19.5 Å². The van der Waals surface area contributed by atoms with E-state index in [1.165, 1.54) is 4.57 Å². The van der Waals surface area contributed by atoms with Gasteiger partial charge in [0.2, 0.25) is 5.91 Å². The van der Waals surface area contributed by atoms with E-state index in [1.54, 1.807) is 18.2 Å². The number of para-hydroxylation sites is 1. The van der Waals surface area contributed by atoms with Crippen LogP contribution in [-0.4, -0.2) is 27.2 Å². The highest BCUT2D eigenvalue weighted by atomic mass is 35.5. The van der Waals surface area contributed by atoms with Gasteiger partial charge in [-0.05, 0) is 35.7 Å². The molecule has 0 fully saturated rings. The number of imide groups is 1. The number of nitrogens with one attached hydrogen (secondary N) is 1. The van der Waals surface area contributed by atoms with Crippen LogP contribution in [0.15, 0.2) is 52.4 Å². The second-order valence-corrected chi connectivity index (χ2v) is 7.99. The lowest BCUT2D eigenvalue weighted by Gasteiger charge is -2.18. The van der Waals surface area contributed by atoms with Crippen LogP contribution in [0.4, 0.5) is 4.79 Å². The first-order chi connectivity index (χ1) is 13.8. The quantitative estimate of drug-likeness (QED) is 0.476. The molecule has 0 bridgehead atoms. The number of urea groups is 1. The number of benzene rings is 2. The maximum atomic E-state index is 13.4. The molecule has 3 amide bonds. The molecule has 0 aliphatic rings. The van der Waals surface area contributed by atoms with Crippen molar-refractivity contribution < 1.29 is 9.59 Å². The van der Waals surface area contributed by atoms with Crippen molar-refractivity contribution in [3.63, 3.8) is 0 Å². The summed E-state index contributed by atoms with van der Waals surface area (Å²) in [6, 6.07) is 11.5. The van der Waals surface area contributed by atoms with E-state index in [0.29, 0.717) is 26.8 Å². The molecule has 1 aromatic heterocycles. The Hall–Kier alpha value is -2.84. The minimum atomic E-state index is -0.934. The van der Waals surface area contributed by atoms with Gasteiger partial charge in [-0.2, -0.15) is 0 Å². The molecule has 1 heterocycles. The summed E-state index contributed by atoms with van der Waals surface area (Å²) < 4.78 is 1.49. The first kappa shape index (κ1) is 20.9. The summed E-state index contributed by atoms with van der Waals surface area (Å²) in [4.78, 5) is 40.7. The van der Waals surface area contributed by atoms with Crippen molar-refractivity contribution in [1.82, 2.24) is 14.9 Å². The van der Waals surface area contributed by atoms with Crippen LogP contribution in [0, 0.1) is 0 Å². The average Bonchev–Trinajstić information content (AvgIpc) is 2.65. The molecule has 0 aliphatic carbocycles. The fraction of sp³-hybridized carbons (Fsp3) is 0.200. The van der Waals surface area contributed by atoms with Crippen LogP contribution in [0.3, 0.4) is 0 Å². The van der Waals surface area contributed by atoms with E-state index in [9.17, 15) is 14.4 Å². The van der Waals surface area contributed by atoms with Gasteiger partial charge in [0.1, 0.15) is 0 Å². The molecule has 0 saturated heterocycles. The normalized spacial score (nSPS) is 11.0. The van der Waals surface area contributed by atoms with Crippen molar-refractivity contribution in [2.75, 3.05) is 5.75 Å². The average molecular weight is 431 g/mol. The topological polar surface area (TPSA) is 107 Å². The largest absolute Gasteiger partial charge is 0.351 e. The van der Waals surface area contributed by atoms with Crippen LogP contribution >= 0.6 is 23.4 Å². The lowest BCUT2D eigenvalue weighted by atomic mass is 10.0. The van der Waals surface area contributed by atoms with Crippen molar-refractivity contribution in [3.8, 4) is 5.69 Å². The van der Waals surface area contributed by atoms with E-state index in [1.807, 2.05) is 43.4 Å². The fourth-order valence-electron chi connectivity index (χ4n) is 2.93. The summed E-state index contributed by atoms with van der Waals surface area (Å²) in [5.41, 5.74) is 6.80. The van der Waals surface area contributed by atoms with Crippen molar-refractivity contribution in [3.05, 3.63) is 63.4 Å². The van der Waals surface area contributed by atoms with Gasteiger partial charge in [-0.25, -0.2) is 9.78 Å². The SMILES string of the molecule is CC(C)c1ccccc1-n1c(SCC(=O)NC(N)=O)nc2cc(Cl)ccc2c1=O. The minimum absolute atomic E-state index is 0.134. The summed E-state index contributed by atoms with van der Waals surface area (Å²) >= 11 is 7.10. The molecular formula is C20H19ClN4O3S. The molecule has 3 N–H and O–H groups in total. The van der Waals surface area contributed by atoms with E-state index >= 15 is 0 Å². The second kappa shape index (κ2) is 8.67. The molecular weight excluding hydrogens is 412 g/mol. The molecule has 0 aliphatic heterocycles. The molecule has 3 aromatic rings. The Morgan fingerprint density at radius 2 is 1.97 bits per heavy atom. The molecule has 9 heteroatoms. The number of rotatable bonds is 5. The smallest absolute Gasteiger partial charge is 0.318 e. The lowest BCUT2D eigenvalue weighted by molar-refractivity contribution is -0.117. The van der Waals surface area contributed by atoms with Crippen molar-refractivity contribution >= 4 is 46.2 Å². The molecule has 0 radical (unpaired) electrons. The van der Waals surface area contributed by atoms with E-state index in [-0.39, 0.29) is 17.2 Å². The van der Waals surface area contributed by atoms with E-state index in [4.69, 9.17) is 17.3 Å². The number of thioether (sulfide) groups is 1. The molecule has 7 nitrogen and oxygen atoms in total. The zero-order valence-electron chi connectivity index (χ0n) is 15.8. The number of amides is 3. The van der Waals surface area contributed by atoms with Crippen molar-refractivity contribution in [2.45, 2.75) is 24.9 Å². The molecule has 0 atom stereocenters. The first-order valence-electron chi connectivity index (χ1n) is 8.81. The van der Waals surface area contributed by atoms with Crippen molar-refractivity contribution in [2.24, 2.45) is 5.73 Å². The number of aromatic nitrogens is 2. The third-order valence-corrected chi connectivity index (χ3v) is 5.37. The predicted molar refractivity (Wildman–Crippen MR) is 115 cm³/mol. The standard InChI is InChI=1S/C20H19ClN4O3S/c1-11(2)13-5-3-4-6-16(13)25-18(27)14-8-7-12(21)9-15(14)23-20(25)29-10-17(26)24-19(22)28/h3-9,11H,10H2,1-2H3,(H3,22,24,26,28). The molecule has 3 rings (SSSR count). The first-order valence-corrected chi connectivity index (χ1v) is 10.2. The maximum absolute atomic E-state index is 13.4. The Morgan fingerprint density at radius 1 is 1.24 bits per heavy atom. The molecule has 150 valence electrons. The van der Waals surface area contributed by atoms with Gasteiger partial charge in [0, 0.05) is 5.02 Å². The highest BCUT2D eigenvalue weighted by Crippen LogP contribution is 2.27. The highest BCUT2D eigenvalue weighted by Gasteiger charge is 2.18. The third kappa shape index (κ3) is 4.60. The van der Waals surface area contributed by atoms with Crippen LogP contribution in [0.1, 0.15) is 25.3 Å². The van der Waals surface area contributed by atoms with Gasteiger partial charge in [-0.1, -0.05) is 55.4 Å². The number of hydrogen-bond donors (Lipinski definition) is 2. The third-order valence-electron chi connectivity index (χ3n) is 4.20. The Balaban J connectivity index is 2.20. The number of nitrogens with zero attached hydrogens (tertiary/aromatic N) is 2. The summed E-state index contributed by atoms with van der Waals surface area (Å²) in [5, 5.41) is 3.19. The van der Waals surface area contributed by atoms with Gasteiger partial charge < -0.3 is 5.73 Å². The Morgan fingerprint density at radius 3 is 2.66 bits per heavy atom. The van der Waals surface area contributed by atoms with Crippen LogP contribution in [-0.2, 0) is 4.79 Å². The number of nitrogens with two attached hydrogens (primary N) is 1. The Labute approximate surface area is 176 Å². The molecule has 29 heavy (non-hydrogen) atoms. The van der Waals surface area contributed by atoms with Crippen LogP contribution in [0.25, 0.3) is 16.6 Å². The Bertz CT molecular complexity index is 1160. The molecule has 0 saturated carbocycles.